The van der Waals surface area contributed by atoms with Gasteiger partial charge in [-0.3, -0.25) is 4.79 Å². The minimum atomic E-state index is 0.0905. The van der Waals surface area contributed by atoms with Crippen molar-refractivity contribution in [1.82, 2.24) is 4.57 Å². The van der Waals surface area contributed by atoms with Gasteiger partial charge in [0.15, 0.2) is 0 Å². The maximum atomic E-state index is 12.5. The normalized spacial score (nSPS) is 16.2. The fourth-order valence-corrected chi connectivity index (χ4v) is 3.95. The molecule has 1 saturated carbocycles. The number of nitrogens with one attached hydrogen (secondary N) is 1. The molecule has 4 nitrogen and oxygen atoms in total. The maximum absolute atomic E-state index is 12.5. The predicted molar refractivity (Wildman–Crippen MR) is 102 cm³/mol. The van der Waals surface area contributed by atoms with Crippen LogP contribution in [0, 0.1) is 5.92 Å². The van der Waals surface area contributed by atoms with Crippen LogP contribution >= 0.6 is 0 Å². The molecule has 1 fully saturated rings. The summed E-state index contributed by atoms with van der Waals surface area (Å²) >= 11 is 0. The first-order chi connectivity index (χ1) is 11.7. The van der Waals surface area contributed by atoms with Crippen LogP contribution in [-0.2, 0) is 11.3 Å². The summed E-state index contributed by atoms with van der Waals surface area (Å²) < 4.78 is 2.02. The number of hydrogen-bond donors (Lipinski definition) is 2. The summed E-state index contributed by atoms with van der Waals surface area (Å²) in [4.78, 5) is 12.5. The van der Waals surface area contributed by atoms with Gasteiger partial charge in [0.25, 0.3) is 0 Å². The molecule has 0 spiro atoms. The molecule has 1 heterocycles. The number of aromatic nitrogens is 1. The van der Waals surface area contributed by atoms with Crippen molar-refractivity contribution in [3.63, 3.8) is 0 Å². The SMILES string of the molecule is Bc1cccc2c1c(NC(=O)CC1CCCCCC1)cn2CCO. The minimum Gasteiger partial charge on any atom is -0.395 e. The molecule has 0 aliphatic heterocycles. The number of aliphatic hydroxyl groups is 1. The Hall–Kier alpha value is -1.75. The summed E-state index contributed by atoms with van der Waals surface area (Å²) in [6.07, 6.45) is 10.1. The van der Waals surface area contributed by atoms with Gasteiger partial charge >= 0.3 is 0 Å². The Labute approximate surface area is 144 Å². The highest BCUT2D eigenvalue weighted by Crippen LogP contribution is 2.28. The third-order valence-corrected chi connectivity index (χ3v) is 5.18. The molecule has 1 aliphatic carbocycles. The number of aliphatic hydroxyl groups excluding tert-OH is 1. The zero-order valence-electron chi connectivity index (χ0n) is 14.6. The van der Waals surface area contributed by atoms with Crippen molar-refractivity contribution >= 4 is 35.8 Å². The Balaban J connectivity index is 1.77. The first-order valence-corrected chi connectivity index (χ1v) is 9.18. The summed E-state index contributed by atoms with van der Waals surface area (Å²) in [6.45, 7) is 0.631. The molecule has 1 aromatic carbocycles. The van der Waals surface area contributed by atoms with Gasteiger partial charge in [-0.05, 0) is 24.8 Å². The fraction of sp³-hybridized carbons (Fsp3) is 0.526. The molecule has 24 heavy (non-hydrogen) atoms. The predicted octanol–water partition coefficient (Wildman–Crippen LogP) is 2.19. The van der Waals surface area contributed by atoms with E-state index in [0.717, 1.165) is 22.1 Å². The van der Waals surface area contributed by atoms with Crippen LogP contribution in [0.3, 0.4) is 0 Å². The van der Waals surface area contributed by atoms with E-state index in [9.17, 15) is 9.90 Å². The van der Waals surface area contributed by atoms with Crippen LogP contribution in [0.5, 0.6) is 0 Å². The molecule has 1 aromatic heterocycles. The molecule has 0 unspecified atom stereocenters. The molecule has 0 saturated heterocycles. The molecule has 1 amide bonds. The lowest BCUT2D eigenvalue weighted by Gasteiger charge is -2.13. The van der Waals surface area contributed by atoms with Gasteiger partial charge < -0.3 is 15.0 Å². The Bertz CT molecular complexity index is 703. The summed E-state index contributed by atoms with van der Waals surface area (Å²) in [5, 5.41) is 13.5. The van der Waals surface area contributed by atoms with Crippen LogP contribution in [-0.4, -0.2) is 30.0 Å². The quantitative estimate of drug-likeness (QED) is 0.654. The van der Waals surface area contributed by atoms with Crippen LogP contribution in [0.1, 0.15) is 44.9 Å². The van der Waals surface area contributed by atoms with E-state index < -0.39 is 0 Å². The fourth-order valence-electron chi connectivity index (χ4n) is 3.95. The van der Waals surface area contributed by atoms with Crippen molar-refractivity contribution in [3.05, 3.63) is 24.4 Å². The van der Waals surface area contributed by atoms with Gasteiger partial charge in [0, 0.05) is 30.1 Å². The summed E-state index contributed by atoms with van der Waals surface area (Å²) in [7, 11) is 2.06. The van der Waals surface area contributed by atoms with Crippen LogP contribution in [0.25, 0.3) is 10.9 Å². The van der Waals surface area contributed by atoms with Crippen LogP contribution < -0.4 is 10.8 Å². The van der Waals surface area contributed by atoms with Crippen molar-refractivity contribution in [3.8, 4) is 0 Å². The Morgan fingerprint density at radius 2 is 2.00 bits per heavy atom. The number of benzene rings is 1. The third-order valence-electron chi connectivity index (χ3n) is 5.18. The van der Waals surface area contributed by atoms with E-state index in [4.69, 9.17) is 0 Å². The van der Waals surface area contributed by atoms with Crippen molar-refractivity contribution < 1.29 is 9.90 Å². The second-order valence-corrected chi connectivity index (χ2v) is 7.04. The molecule has 1 aliphatic rings. The van der Waals surface area contributed by atoms with E-state index in [-0.39, 0.29) is 12.5 Å². The molecule has 2 aromatic rings. The van der Waals surface area contributed by atoms with Gasteiger partial charge in [-0.2, -0.15) is 0 Å². The lowest BCUT2D eigenvalue weighted by atomic mass is 9.92. The van der Waals surface area contributed by atoms with Crippen molar-refractivity contribution in [2.45, 2.75) is 51.5 Å². The average Bonchev–Trinajstić information content (AvgIpc) is 2.72. The number of nitrogens with zero attached hydrogens (tertiary/aromatic N) is 1. The first-order valence-electron chi connectivity index (χ1n) is 9.18. The van der Waals surface area contributed by atoms with Crippen molar-refractivity contribution in [1.29, 1.82) is 0 Å². The number of carbonyl (C=O) groups excluding carboxylic acids is 1. The molecule has 3 rings (SSSR count). The molecule has 5 heteroatoms. The van der Waals surface area contributed by atoms with Gasteiger partial charge in [0.2, 0.25) is 5.91 Å². The highest BCUT2D eigenvalue weighted by Gasteiger charge is 2.18. The Morgan fingerprint density at radius 3 is 2.71 bits per heavy atom. The van der Waals surface area contributed by atoms with Gasteiger partial charge in [0.05, 0.1) is 12.3 Å². The zero-order valence-corrected chi connectivity index (χ0v) is 14.6. The van der Waals surface area contributed by atoms with Crippen molar-refractivity contribution in [2.75, 3.05) is 11.9 Å². The highest BCUT2D eigenvalue weighted by molar-refractivity contribution is 6.40. The van der Waals surface area contributed by atoms with E-state index in [2.05, 4.69) is 19.2 Å². The topological polar surface area (TPSA) is 54.3 Å². The molecule has 128 valence electrons. The van der Waals surface area contributed by atoms with Crippen LogP contribution in [0.2, 0.25) is 0 Å². The molecular formula is C19H27BN2O2. The Morgan fingerprint density at radius 1 is 1.25 bits per heavy atom. The number of anilines is 1. The van der Waals surface area contributed by atoms with Crippen molar-refractivity contribution in [2.24, 2.45) is 5.92 Å². The van der Waals surface area contributed by atoms with Crippen LogP contribution in [0.15, 0.2) is 24.4 Å². The number of carbonyl (C=O) groups is 1. The number of fused-ring (bicyclic) bond motifs is 1. The highest BCUT2D eigenvalue weighted by atomic mass is 16.3. The molecule has 0 bridgehead atoms. The van der Waals surface area contributed by atoms with Gasteiger partial charge in [-0.1, -0.05) is 43.3 Å². The van der Waals surface area contributed by atoms with Crippen LogP contribution in [0.4, 0.5) is 5.69 Å². The van der Waals surface area contributed by atoms with Gasteiger partial charge in [0.1, 0.15) is 7.85 Å². The van der Waals surface area contributed by atoms with E-state index in [1.165, 1.54) is 38.5 Å². The summed E-state index contributed by atoms with van der Waals surface area (Å²) in [5.41, 5.74) is 3.08. The first kappa shape index (κ1) is 17.1. The van der Waals surface area contributed by atoms with Gasteiger partial charge in [-0.15, -0.1) is 0 Å². The second-order valence-electron chi connectivity index (χ2n) is 7.04. The van der Waals surface area contributed by atoms with Gasteiger partial charge in [-0.25, -0.2) is 0 Å². The number of hydrogen-bond acceptors (Lipinski definition) is 2. The second kappa shape index (κ2) is 7.89. The third kappa shape index (κ3) is 3.83. The molecular weight excluding hydrogens is 299 g/mol. The van der Waals surface area contributed by atoms with E-state index in [0.29, 0.717) is 18.9 Å². The number of rotatable bonds is 5. The lowest BCUT2D eigenvalue weighted by molar-refractivity contribution is -0.117. The van der Waals surface area contributed by atoms with E-state index >= 15 is 0 Å². The maximum Gasteiger partial charge on any atom is 0.224 e. The summed E-state index contributed by atoms with van der Waals surface area (Å²) in [6, 6.07) is 6.12. The molecule has 0 radical (unpaired) electrons. The van der Waals surface area contributed by atoms with E-state index in [1.807, 2.05) is 22.9 Å². The monoisotopic (exact) mass is 326 g/mol. The standard InChI is InChI=1S/C19H27BN2O2/c20-15-8-5-9-17-19(15)16(13-22(17)10-11-23)21-18(24)12-14-6-3-1-2-4-7-14/h5,8-9,13-14,23H,1-4,6-7,10-12,20H2,(H,21,24). The minimum absolute atomic E-state index is 0.0905. The molecule has 2 N–H and O–H groups in total. The molecule has 0 atom stereocenters. The smallest absolute Gasteiger partial charge is 0.224 e. The largest absolute Gasteiger partial charge is 0.395 e. The number of amides is 1. The Kier molecular flexibility index (Phi) is 5.61. The van der Waals surface area contributed by atoms with E-state index in [1.54, 1.807) is 0 Å². The lowest BCUT2D eigenvalue weighted by Crippen LogP contribution is -2.17. The average molecular weight is 326 g/mol. The zero-order chi connectivity index (χ0) is 16.9. The summed E-state index contributed by atoms with van der Waals surface area (Å²) in [5.74, 6) is 0.646.